The highest BCUT2D eigenvalue weighted by atomic mass is 16.2. The zero-order valence-electron chi connectivity index (χ0n) is 13.5. The van der Waals surface area contributed by atoms with Gasteiger partial charge in [0.05, 0.1) is 6.04 Å². The number of imide groups is 1. The van der Waals surface area contributed by atoms with Gasteiger partial charge in [-0.25, -0.2) is 4.79 Å². The minimum absolute atomic E-state index is 0.219. The monoisotopic (exact) mass is 283 g/mol. The lowest BCUT2D eigenvalue weighted by Gasteiger charge is -2.35. The van der Waals surface area contributed by atoms with E-state index in [1.165, 1.54) is 6.42 Å². The maximum absolute atomic E-state index is 12.1. The van der Waals surface area contributed by atoms with E-state index in [9.17, 15) is 9.59 Å². The molecule has 1 heterocycles. The summed E-state index contributed by atoms with van der Waals surface area (Å²) in [5.74, 6) is 0.450. The van der Waals surface area contributed by atoms with Crippen molar-refractivity contribution in [2.24, 2.45) is 5.92 Å². The molecule has 2 unspecified atom stereocenters. The average molecular weight is 283 g/mol. The van der Waals surface area contributed by atoms with Gasteiger partial charge in [-0.1, -0.05) is 13.3 Å². The van der Waals surface area contributed by atoms with E-state index < -0.39 is 6.03 Å². The van der Waals surface area contributed by atoms with Gasteiger partial charge in [0.25, 0.3) is 0 Å². The molecule has 5 heteroatoms. The van der Waals surface area contributed by atoms with E-state index in [4.69, 9.17) is 0 Å². The standard InChI is InChI=1S/C15H29N3O2/c1-6-12-8-7-9-18(10-12)11(2)13(19)16-14(20)17-15(3,4)5/h11-12H,6-10H2,1-5H3,(H2,16,17,19,20). The highest BCUT2D eigenvalue weighted by Crippen LogP contribution is 2.20. The summed E-state index contributed by atoms with van der Waals surface area (Å²) < 4.78 is 0. The zero-order valence-corrected chi connectivity index (χ0v) is 13.5. The average Bonchev–Trinajstić information content (AvgIpc) is 2.35. The van der Waals surface area contributed by atoms with Crippen LogP contribution in [0.1, 0.15) is 53.9 Å². The van der Waals surface area contributed by atoms with Gasteiger partial charge in [-0.3, -0.25) is 15.0 Å². The van der Waals surface area contributed by atoms with Crippen molar-refractivity contribution >= 4 is 11.9 Å². The molecule has 20 heavy (non-hydrogen) atoms. The number of hydrogen-bond donors (Lipinski definition) is 2. The number of nitrogens with zero attached hydrogens (tertiary/aromatic N) is 1. The molecule has 5 nitrogen and oxygen atoms in total. The van der Waals surface area contributed by atoms with E-state index in [0.717, 1.165) is 25.9 Å². The normalized spacial score (nSPS) is 22.1. The quantitative estimate of drug-likeness (QED) is 0.834. The van der Waals surface area contributed by atoms with Crippen molar-refractivity contribution in [3.63, 3.8) is 0 Å². The van der Waals surface area contributed by atoms with E-state index in [1.54, 1.807) is 0 Å². The van der Waals surface area contributed by atoms with Crippen LogP contribution in [-0.4, -0.2) is 41.5 Å². The van der Waals surface area contributed by atoms with Crippen molar-refractivity contribution in [1.82, 2.24) is 15.5 Å². The lowest BCUT2D eigenvalue weighted by Crippen LogP contribution is -2.54. The number of carbonyl (C=O) groups is 2. The fraction of sp³-hybridized carbons (Fsp3) is 0.867. The maximum Gasteiger partial charge on any atom is 0.321 e. The predicted molar refractivity (Wildman–Crippen MR) is 80.5 cm³/mol. The topological polar surface area (TPSA) is 61.4 Å². The molecular formula is C15H29N3O2. The van der Waals surface area contributed by atoms with Crippen LogP contribution in [0.4, 0.5) is 4.79 Å². The summed E-state index contributed by atoms with van der Waals surface area (Å²) in [4.78, 5) is 26.0. The first-order valence-electron chi connectivity index (χ1n) is 7.60. The molecular weight excluding hydrogens is 254 g/mol. The minimum Gasteiger partial charge on any atom is -0.333 e. The Kier molecular flexibility index (Phi) is 5.99. The molecule has 1 fully saturated rings. The number of likely N-dealkylation sites (tertiary alicyclic amines) is 1. The van der Waals surface area contributed by atoms with E-state index >= 15 is 0 Å². The fourth-order valence-electron chi connectivity index (χ4n) is 2.54. The molecule has 0 saturated carbocycles. The van der Waals surface area contributed by atoms with Crippen molar-refractivity contribution in [3.8, 4) is 0 Å². The van der Waals surface area contributed by atoms with E-state index in [-0.39, 0.29) is 17.5 Å². The number of hydrogen-bond acceptors (Lipinski definition) is 3. The van der Waals surface area contributed by atoms with Gasteiger partial charge in [-0.2, -0.15) is 0 Å². The molecule has 2 atom stereocenters. The van der Waals surface area contributed by atoms with Crippen molar-refractivity contribution in [1.29, 1.82) is 0 Å². The SMILES string of the molecule is CCC1CCCN(C(C)C(=O)NC(=O)NC(C)(C)C)C1. The lowest BCUT2D eigenvalue weighted by atomic mass is 9.94. The maximum atomic E-state index is 12.1. The van der Waals surface area contributed by atoms with Crippen LogP contribution in [0.15, 0.2) is 0 Å². The second kappa shape index (κ2) is 7.07. The third-order valence-electron chi connectivity index (χ3n) is 3.78. The largest absolute Gasteiger partial charge is 0.333 e. The molecule has 116 valence electrons. The zero-order chi connectivity index (χ0) is 15.3. The number of rotatable bonds is 3. The van der Waals surface area contributed by atoms with Crippen LogP contribution in [0, 0.1) is 5.92 Å². The Morgan fingerprint density at radius 2 is 2.00 bits per heavy atom. The van der Waals surface area contributed by atoms with Gasteiger partial charge in [0.15, 0.2) is 0 Å². The Labute approximate surface area is 122 Å². The summed E-state index contributed by atoms with van der Waals surface area (Å²) in [6.45, 7) is 11.6. The second-order valence-electron chi connectivity index (χ2n) is 6.78. The molecule has 1 rings (SSSR count). The predicted octanol–water partition coefficient (Wildman–Crippen LogP) is 2.12. The van der Waals surface area contributed by atoms with Crippen LogP contribution in [0.2, 0.25) is 0 Å². The molecule has 2 N–H and O–H groups in total. The van der Waals surface area contributed by atoms with Crippen LogP contribution in [0.3, 0.4) is 0 Å². The summed E-state index contributed by atoms with van der Waals surface area (Å²) in [6.07, 6.45) is 3.52. The molecule has 1 saturated heterocycles. The Morgan fingerprint density at radius 1 is 1.35 bits per heavy atom. The van der Waals surface area contributed by atoms with Crippen LogP contribution in [0.25, 0.3) is 0 Å². The smallest absolute Gasteiger partial charge is 0.321 e. The number of carbonyl (C=O) groups excluding carboxylic acids is 2. The molecule has 0 bridgehead atoms. The first-order chi connectivity index (χ1) is 9.23. The minimum atomic E-state index is -0.418. The Hall–Kier alpha value is -1.10. The molecule has 0 spiro atoms. The highest BCUT2D eigenvalue weighted by Gasteiger charge is 2.28. The lowest BCUT2D eigenvalue weighted by molar-refractivity contribution is -0.125. The van der Waals surface area contributed by atoms with Crippen LogP contribution in [0.5, 0.6) is 0 Å². The van der Waals surface area contributed by atoms with Gasteiger partial charge in [-0.15, -0.1) is 0 Å². The van der Waals surface area contributed by atoms with Gasteiger partial charge < -0.3 is 5.32 Å². The van der Waals surface area contributed by atoms with Crippen molar-refractivity contribution in [2.45, 2.75) is 65.5 Å². The van der Waals surface area contributed by atoms with Crippen LogP contribution >= 0.6 is 0 Å². The van der Waals surface area contributed by atoms with Crippen LogP contribution in [-0.2, 0) is 4.79 Å². The number of amides is 3. The summed E-state index contributed by atoms with van der Waals surface area (Å²) >= 11 is 0. The van der Waals surface area contributed by atoms with E-state index in [1.807, 2.05) is 27.7 Å². The van der Waals surface area contributed by atoms with E-state index in [0.29, 0.717) is 5.92 Å². The molecule has 1 aliphatic rings. The Bertz CT molecular complexity index is 350. The third kappa shape index (κ3) is 5.49. The van der Waals surface area contributed by atoms with Gasteiger partial charge in [0, 0.05) is 12.1 Å². The molecule has 0 aliphatic carbocycles. The van der Waals surface area contributed by atoms with Gasteiger partial charge in [0.1, 0.15) is 0 Å². The molecule has 0 aromatic carbocycles. The Balaban J connectivity index is 2.48. The summed E-state index contributed by atoms with van der Waals surface area (Å²) in [5.41, 5.74) is -0.341. The Morgan fingerprint density at radius 3 is 2.55 bits per heavy atom. The summed E-state index contributed by atoms with van der Waals surface area (Å²) in [7, 11) is 0. The second-order valence-corrected chi connectivity index (χ2v) is 6.78. The first-order valence-corrected chi connectivity index (χ1v) is 7.60. The number of urea groups is 1. The highest BCUT2D eigenvalue weighted by molar-refractivity contribution is 5.97. The van der Waals surface area contributed by atoms with Crippen molar-refractivity contribution < 1.29 is 9.59 Å². The van der Waals surface area contributed by atoms with Gasteiger partial charge in [0.2, 0.25) is 5.91 Å². The molecule has 3 amide bonds. The molecule has 1 aliphatic heterocycles. The summed E-state index contributed by atoms with van der Waals surface area (Å²) in [6, 6.07) is -0.673. The van der Waals surface area contributed by atoms with Crippen LogP contribution < -0.4 is 10.6 Å². The van der Waals surface area contributed by atoms with Crippen molar-refractivity contribution in [2.75, 3.05) is 13.1 Å². The molecule has 0 radical (unpaired) electrons. The van der Waals surface area contributed by atoms with E-state index in [2.05, 4.69) is 22.5 Å². The molecule has 0 aromatic heterocycles. The van der Waals surface area contributed by atoms with Gasteiger partial charge >= 0.3 is 6.03 Å². The number of piperidine rings is 1. The molecule has 0 aromatic rings. The third-order valence-corrected chi connectivity index (χ3v) is 3.78. The first kappa shape index (κ1) is 17.0. The van der Waals surface area contributed by atoms with Crippen molar-refractivity contribution in [3.05, 3.63) is 0 Å². The number of nitrogens with one attached hydrogen (secondary N) is 2. The fourth-order valence-corrected chi connectivity index (χ4v) is 2.54. The van der Waals surface area contributed by atoms with Gasteiger partial charge in [-0.05, 0) is 53.0 Å². The summed E-state index contributed by atoms with van der Waals surface area (Å²) in [5, 5.41) is 5.17.